The van der Waals surface area contributed by atoms with Crippen LogP contribution < -0.4 is 20.2 Å². The molecule has 0 bridgehead atoms. The molecule has 0 saturated carbocycles. The minimum Gasteiger partial charge on any atom is -0.490 e. The lowest BCUT2D eigenvalue weighted by atomic mass is 10.0. The molecule has 0 aromatic heterocycles. The third-order valence-corrected chi connectivity index (χ3v) is 5.35. The minimum absolute atomic E-state index is 0.148. The van der Waals surface area contributed by atoms with Crippen molar-refractivity contribution in [2.75, 3.05) is 13.2 Å². The Bertz CT molecular complexity index is 980. The number of benzene rings is 2. The number of amides is 2. The van der Waals surface area contributed by atoms with Gasteiger partial charge >= 0.3 is 0 Å². The summed E-state index contributed by atoms with van der Waals surface area (Å²) in [6, 6.07) is 9.31. The number of hydrogen-bond acceptors (Lipinski definition) is 5. The summed E-state index contributed by atoms with van der Waals surface area (Å²) in [5.41, 5.74) is 3.63. The largest absolute Gasteiger partial charge is 0.490 e. The van der Waals surface area contributed by atoms with Crippen LogP contribution in [0, 0.1) is 5.92 Å². The highest BCUT2D eigenvalue weighted by atomic mass is 79.9. The Balaban J connectivity index is 2.09. The van der Waals surface area contributed by atoms with Gasteiger partial charge in [-0.25, -0.2) is 5.43 Å². The van der Waals surface area contributed by atoms with Crippen molar-refractivity contribution in [2.24, 2.45) is 11.0 Å². The van der Waals surface area contributed by atoms with E-state index < -0.39 is 11.9 Å². The average Bonchev–Trinajstić information content (AvgIpc) is 2.77. The monoisotopic (exact) mass is 537 g/mol. The van der Waals surface area contributed by atoms with E-state index in [-0.39, 0.29) is 11.8 Å². The molecule has 2 rings (SSSR count). The van der Waals surface area contributed by atoms with Gasteiger partial charge in [-0.2, -0.15) is 5.10 Å². The van der Waals surface area contributed by atoms with E-state index in [0.29, 0.717) is 40.9 Å². The first kappa shape index (κ1) is 26.7. The lowest BCUT2D eigenvalue weighted by Crippen LogP contribution is -2.48. The van der Waals surface area contributed by atoms with Crippen LogP contribution in [-0.4, -0.2) is 37.3 Å². The van der Waals surface area contributed by atoms with Crippen LogP contribution in [0.25, 0.3) is 0 Å². The van der Waals surface area contributed by atoms with Gasteiger partial charge in [0.25, 0.3) is 11.8 Å². The lowest BCUT2D eigenvalue weighted by molar-refractivity contribution is -0.123. The molecule has 2 amide bonds. The maximum atomic E-state index is 12.7. The van der Waals surface area contributed by atoms with Crippen molar-refractivity contribution in [1.29, 1.82) is 0 Å². The highest BCUT2D eigenvalue weighted by Crippen LogP contribution is 2.36. The highest BCUT2D eigenvalue weighted by Gasteiger charge is 2.24. The van der Waals surface area contributed by atoms with E-state index in [2.05, 4.69) is 31.8 Å². The molecule has 0 aliphatic carbocycles. The Morgan fingerprint density at radius 2 is 1.85 bits per heavy atom. The molecule has 0 aliphatic rings. The lowest BCUT2D eigenvalue weighted by Gasteiger charge is -2.20. The first-order valence-corrected chi connectivity index (χ1v) is 11.9. The van der Waals surface area contributed by atoms with Crippen molar-refractivity contribution in [3.05, 3.63) is 57.0 Å². The summed E-state index contributed by atoms with van der Waals surface area (Å²) in [7, 11) is 0. The molecule has 2 aromatic rings. The molecule has 0 fully saturated rings. The second-order valence-corrected chi connectivity index (χ2v) is 8.84. The molecule has 178 valence electrons. The number of hydrazone groups is 1. The predicted molar refractivity (Wildman–Crippen MR) is 134 cm³/mol. The summed E-state index contributed by atoms with van der Waals surface area (Å²) in [5, 5.41) is 7.34. The van der Waals surface area contributed by atoms with Gasteiger partial charge in [-0.15, -0.1) is 0 Å². The van der Waals surface area contributed by atoms with Gasteiger partial charge in [0, 0.05) is 10.6 Å². The van der Waals surface area contributed by atoms with Crippen molar-refractivity contribution in [1.82, 2.24) is 10.7 Å². The first-order valence-electron chi connectivity index (χ1n) is 10.7. The van der Waals surface area contributed by atoms with Crippen molar-refractivity contribution in [3.63, 3.8) is 0 Å². The second kappa shape index (κ2) is 13.2. The fraction of sp³-hybridized carbons (Fsp3) is 0.375. The van der Waals surface area contributed by atoms with Gasteiger partial charge in [0.15, 0.2) is 11.5 Å². The molecule has 1 atom stereocenters. The number of hydrogen-bond donors (Lipinski definition) is 2. The van der Waals surface area contributed by atoms with Gasteiger partial charge in [0.2, 0.25) is 0 Å². The molecule has 0 aliphatic heterocycles. The van der Waals surface area contributed by atoms with Crippen LogP contribution in [0.5, 0.6) is 11.5 Å². The summed E-state index contributed by atoms with van der Waals surface area (Å²) < 4.78 is 12.2. The summed E-state index contributed by atoms with van der Waals surface area (Å²) in [5.74, 6) is 0.284. The van der Waals surface area contributed by atoms with Crippen LogP contribution in [0.15, 0.2) is 46.0 Å². The highest BCUT2D eigenvalue weighted by molar-refractivity contribution is 9.10. The number of nitrogens with zero attached hydrogens (tertiary/aromatic N) is 1. The fourth-order valence-corrected chi connectivity index (χ4v) is 3.57. The Morgan fingerprint density at radius 1 is 1.15 bits per heavy atom. The van der Waals surface area contributed by atoms with Gasteiger partial charge in [-0.1, -0.05) is 32.4 Å². The van der Waals surface area contributed by atoms with Gasteiger partial charge in [0.1, 0.15) is 6.04 Å². The third-order valence-electron chi connectivity index (χ3n) is 4.51. The zero-order valence-electron chi connectivity index (χ0n) is 19.2. The molecule has 0 heterocycles. The second-order valence-electron chi connectivity index (χ2n) is 7.55. The summed E-state index contributed by atoms with van der Waals surface area (Å²) in [6.45, 7) is 8.66. The molecule has 9 heteroatoms. The van der Waals surface area contributed by atoms with Crippen molar-refractivity contribution < 1.29 is 19.1 Å². The fourth-order valence-electron chi connectivity index (χ4n) is 2.87. The molecule has 0 spiro atoms. The Hall–Kier alpha value is -2.58. The van der Waals surface area contributed by atoms with Crippen LogP contribution in [0.3, 0.4) is 0 Å². The maximum Gasteiger partial charge on any atom is 0.262 e. The zero-order chi connectivity index (χ0) is 24.4. The Morgan fingerprint density at radius 3 is 2.45 bits per heavy atom. The average molecular weight is 539 g/mol. The summed E-state index contributed by atoms with van der Waals surface area (Å²) >= 11 is 9.37. The molecule has 2 N–H and O–H groups in total. The van der Waals surface area contributed by atoms with Crippen LogP contribution in [-0.2, 0) is 4.79 Å². The molecule has 2 aromatic carbocycles. The first-order chi connectivity index (χ1) is 15.8. The molecule has 1 unspecified atom stereocenters. The SMILES string of the molecule is CCCOc1c(Br)cc(C=NNC(=O)C(NC(=O)c2ccc(Cl)cc2)C(C)C)cc1OCC. The smallest absolute Gasteiger partial charge is 0.262 e. The van der Waals surface area contributed by atoms with Gasteiger partial charge in [-0.05, 0) is 77.2 Å². The van der Waals surface area contributed by atoms with Crippen LogP contribution in [0.2, 0.25) is 5.02 Å². The zero-order valence-corrected chi connectivity index (χ0v) is 21.5. The number of halogens is 2. The number of rotatable bonds is 11. The van der Waals surface area contributed by atoms with Crippen LogP contribution >= 0.6 is 27.5 Å². The minimum atomic E-state index is -0.763. The van der Waals surface area contributed by atoms with E-state index in [1.165, 1.54) is 6.21 Å². The van der Waals surface area contributed by atoms with E-state index in [1.807, 2.05) is 33.8 Å². The van der Waals surface area contributed by atoms with Crippen molar-refractivity contribution >= 4 is 45.6 Å². The van der Waals surface area contributed by atoms with E-state index in [9.17, 15) is 9.59 Å². The number of nitrogens with one attached hydrogen (secondary N) is 2. The summed E-state index contributed by atoms with van der Waals surface area (Å²) in [4.78, 5) is 25.2. The maximum absolute atomic E-state index is 12.7. The third kappa shape index (κ3) is 8.05. The summed E-state index contributed by atoms with van der Waals surface area (Å²) in [6.07, 6.45) is 2.38. The molecular weight excluding hydrogens is 510 g/mol. The number of ether oxygens (including phenoxy) is 2. The van der Waals surface area contributed by atoms with Gasteiger partial charge < -0.3 is 14.8 Å². The Labute approximate surface area is 208 Å². The predicted octanol–water partition coefficient (Wildman–Crippen LogP) is 5.19. The van der Waals surface area contributed by atoms with Crippen molar-refractivity contribution in [2.45, 2.75) is 40.2 Å². The normalized spacial score (nSPS) is 12.0. The molecule has 0 radical (unpaired) electrons. The van der Waals surface area contributed by atoms with Gasteiger partial charge in [0.05, 0.1) is 23.9 Å². The number of carbonyl (C=O) groups excluding carboxylic acids is 2. The number of carbonyl (C=O) groups is 2. The van der Waals surface area contributed by atoms with E-state index in [1.54, 1.807) is 30.3 Å². The quantitative estimate of drug-likeness (QED) is 0.304. The van der Waals surface area contributed by atoms with Crippen molar-refractivity contribution in [3.8, 4) is 11.5 Å². The van der Waals surface area contributed by atoms with E-state index in [4.69, 9.17) is 21.1 Å². The van der Waals surface area contributed by atoms with Crippen LogP contribution in [0.4, 0.5) is 0 Å². The standard InChI is InChI=1S/C24H29BrClN3O4/c1-5-11-33-22-19(25)12-16(13-20(22)32-6-2)14-27-29-24(31)21(15(3)4)28-23(30)17-7-9-18(26)10-8-17/h7-10,12-15,21H,5-6,11H2,1-4H3,(H,28,30)(H,29,31). The molecular formula is C24H29BrClN3O4. The van der Waals surface area contributed by atoms with E-state index >= 15 is 0 Å². The van der Waals surface area contributed by atoms with Crippen LogP contribution in [0.1, 0.15) is 50.0 Å². The van der Waals surface area contributed by atoms with E-state index in [0.717, 1.165) is 10.9 Å². The molecule has 7 nitrogen and oxygen atoms in total. The molecule has 0 saturated heterocycles. The topological polar surface area (TPSA) is 89.0 Å². The van der Waals surface area contributed by atoms with Gasteiger partial charge in [-0.3, -0.25) is 9.59 Å². The molecule has 33 heavy (non-hydrogen) atoms. The Kier molecular flexibility index (Phi) is 10.7.